The van der Waals surface area contributed by atoms with Crippen molar-refractivity contribution in [1.82, 2.24) is 0 Å². The molecule has 0 saturated carbocycles. The summed E-state index contributed by atoms with van der Waals surface area (Å²) in [5.74, 6) is -0.874. The summed E-state index contributed by atoms with van der Waals surface area (Å²) >= 11 is 0. The van der Waals surface area contributed by atoms with Gasteiger partial charge < -0.3 is 61.9 Å². The molecule has 0 aromatic rings. The molecule has 0 fully saturated rings. The van der Waals surface area contributed by atoms with Crippen LogP contribution >= 0.6 is 0 Å². The van der Waals surface area contributed by atoms with Crippen LogP contribution in [0.2, 0.25) is 0 Å². The summed E-state index contributed by atoms with van der Waals surface area (Å²) in [5.41, 5.74) is 0. The van der Waals surface area contributed by atoms with Gasteiger partial charge in [-0.2, -0.15) is 0 Å². The van der Waals surface area contributed by atoms with Crippen LogP contribution in [0.15, 0.2) is 12.8 Å². The fourth-order valence-electron chi connectivity index (χ4n) is 2.65. The Hall–Kier alpha value is -1.43. The molecule has 0 aromatic carbocycles. The van der Waals surface area contributed by atoms with Crippen molar-refractivity contribution >= 4 is 5.97 Å². The Bertz CT molecular complexity index is 526. The van der Waals surface area contributed by atoms with Gasteiger partial charge in [-0.15, -0.1) is 0 Å². The standard InChI is InChI=1S/C27H52O14/c1-2-30-5-6-32-9-10-34-13-14-36-17-18-38-21-22-40-25-26-41-24-23-39-20-19-37-16-15-35-12-11-33-8-7-31-4-3-27(28)29/h2H,1,3-26H2,(H,28,29). The molecular weight excluding hydrogens is 548 g/mol. The zero-order valence-electron chi connectivity index (χ0n) is 24.5. The highest BCUT2D eigenvalue weighted by atomic mass is 16.6. The Balaban J connectivity index is 3.03. The van der Waals surface area contributed by atoms with Gasteiger partial charge in [0, 0.05) is 0 Å². The predicted octanol–water partition coefficient (Wildman–Crippen LogP) is 0.804. The molecule has 0 radical (unpaired) electrons. The second-order valence-corrected chi connectivity index (χ2v) is 7.92. The number of ether oxygens (including phenoxy) is 12. The molecule has 14 nitrogen and oxygen atoms in total. The minimum atomic E-state index is -0.874. The number of carboxylic acids is 1. The minimum absolute atomic E-state index is 0.00195. The van der Waals surface area contributed by atoms with Crippen molar-refractivity contribution in [2.24, 2.45) is 0 Å². The van der Waals surface area contributed by atoms with Gasteiger partial charge in [0.15, 0.2) is 0 Å². The van der Waals surface area contributed by atoms with Crippen LogP contribution in [0.25, 0.3) is 0 Å². The van der Waals surface area contributed by atoms with Crippen LogP contribution in [-0.2, 0) is 61.6 Å². The van der Waals surface area contributed by atoms with Crippen molar-refractivity contribution in [3.63, 3.8) is 0 Å². The molecule has 0 amide bonds. The molecule has 0 atom stereocenters. The predicted molar refractivity (Wildman–Crippen MR) is 147 cm³/mol. The Labute approximate surface area is 244 Å². The van der Waals surface area contributed by atoms with Gasteiger partial charge >= 0.3 is 5.97 Å². The van der Waals surface area contributed by atoms with E-state index in [9.17, 15) is 4.79 Å². The van der Waals surface area contributed by atoms with Crippen molar-refractivity contribution in [2.45, 2.75) is 6.42 Å². The van der Waals surface area contributed by atoms with Crippen molar-refractivity contribution in [3.05, 3.63) is 12.8 Å². The van der Waals surface area contributed by atoms with Crippen molar-refractivity contribution in [3.8, 4) is 0 Å². The van der Waals surface area contributed by atoms with Crippen molar-refractivity contribution in [1.29, 1.82) is 0 Å². The normalized spacial score (nSPS) is 11.2. The fraction of sp³-hybridized carbons (Fsp3) is 0.889. The molecule has 0 heterocycles. The molecule has 244 valence electrons. The number of hydrogen-bond acceptors (Lipinski definition) is 13. The lowest BCUT2D eigenvalue weighted by Crippen LogP contribution is -2.15. The monoisotopic (exact) mass is 600 g/mol. The lowest BCUT2D eigenvalue weighted by Gasteiger charge is -2.09. The summed E-state index contributed by atoms with van der Waals surface area (Å²) in [6.07, 6.45) is 1.39. The molecule has 0 rings (SSSR count). The third-order valence-electron chi connectivity index (χ3n) is 4.64. The largest absolute Gasteiger partial charge is 0.499 e. The van der Waals surface area contributed by atoms with Crippen molar-refractivity contribution < 1.29 is 66.7 Å². The number of aliphatic carboxylic acids is 1. The molecule has 41 heavy (non-hydrogen) atoms. The van der Waals surface area contributed by atoms with Gasteiger partial charge in [0.1, 0.15) is 6.61 Å². The first-order valence-electron chi connectivity index (χ1n) is 14.1. The van der Waals surface area contributed by atoms with E-state index in [1.54, 1.807) is 0 Å². The van der Waals surface area contributed by atoms with Crippen LogP contribution < -0.4 is 0 Å². The van der Waals surface area contributed by atoms with Crippen molar-refractivity contribution in [2.75, 3.05) is 152 Å². The Morgan fingerprint density at radius 3 is 0.780 bits per heavy atom. The number of carbonyl (C=O) groups is 1. The molecule has 0 spiro atoms. The fourth-order valence-corrected chi connectivity index (χ4v) is 2.65. The average molecular weight is 601 g/mol. The molecule has 1 N–H and O–H groups in total. The zero-order valence-corrected chi connectivity index (χ0v) is 24.5. The van der Waals surface area contributed by atoms with E-state index in [0.717, 1.165) is 0 Å². The maximum Gasteiger partial charge on any atom is 0.305 e. The smallest absolute Gasteiger partial charge is 0.305 e. The van der Waals surface area contributed by atoms with Crippen LogP contribution in [-0.4, -0.2) is 163 Å². The summed E-state index contributed by atoms with van der Waals surface area (Å²) < 4.78 is 64.0. The van der Waals surface area contributed by atoms with E-state index >= 15 is 0 Å². The molecule has 14 heteroatoms. The third kappa shape index (κ3) is 38.6. The average Bonchev–Trinajstić information content (AvgIpc) is 2.97. The third-order valence-corrected chi connectivity index (χ3v) is 4.64. The molecule has 0 aliphatic rings. The highest BCUT2D eigenvalue weighted by Gasteiger charge is 1.98. The maximum atomic E-state index is 10.3. The molecule has 0 unspecified atom stereocenters. The number of carboxylic acid groups (broad SMARTS) is 1. The maximum absolute atomic E-state index is 10.3. The number of rotatable bonds is 37. The van der Waals surface area contributed by atoms with E-state index in [1.807, 2.05) is 0 Å². The van der Waals surface area contributed by atoms with E-state index in [-0.39, 0.29) is 13.0 Å². The van der Waals surface area contributed by atoms with Crippen LogP contribution in [0.5, 0.6) is 0 Å². The SMILES string of the molecule is C=COCCOCCOCCOCCOCCOCCOCCOCCOCCOCCOCCOCCC(=O)O. The van der Waals surface area contributed by atoms with Gasteiger partial charge in [-0.1, -0.05) is 6.58 Å². The van der Waals surface area contributed by atoms with E-state index < -0.39 is 5.97 Å². The van der Waals surface area contributed by atoms with Crippen LogP contribution in [0.4, 0.5) is 0 Å². The molecule has 0 aliphatic heterocycles. The molecular formula is C27H52O14. The Morgan fingerprint density at radius 2 is 0.585 bits per heavy atom. The molecule has 0 saturated heterocycles. The van der Waals surface area contributed by atoms with Crippen LogP contribution in [0, 0.1) is 0 Å². The highest BCUT2D eigenvalue weighted by Crippen LogP contribution is 1.88. The highest BCUT2D eigenvalue weighted by molar-refractivity contribution is 5.66. The first-order chi connectivity index (χ1) is 20.3. The Kier molecular flexibility index (Phi) is 35.3. The summed E-state index contributed by atoms with van der Waals surface area (Å²) in [6, 6.07) is 0. The van der Waals surface area contributed by atoms with Gasteiger partial charge in [-0.05, 0) is 0 Å². The van der Waals surface area contributed by atoms with Gasteiger partial charge in [-0.3, -0.25) is 4.79 Å². The summed E-state index contributed by atoms with van der Waals surface area (Å²) in [7, 11) is 0. The van der Waals surface area contributed by atoms with E-state index in [2.05, 4.69) is 6.58 Å². The lowest BCUT2D eigenvalue weighted by molar-refractivity contribution is -0.138. The van der Waals surface area contributed by atoms with Gasteiger partial charge in [0.05, 0.1) is 158 Å². The second kappa shape index (κ2) is 36.6. The van der Waals surface area contributed by atoms with Gasteiger partial charge in [0.25, 0.3) is 0 Å². The van der Waals surface area contributed by atoms with Gasteiger partial charge in [0.2, 0.25) is 0 Å². The molecule has 0 aliphatic carbocycles. The minimum Gasteiger partial charge on any atom is -0.499 e. The number of hydrogen-bond donors (Lipinski definition) is 1. The molecule has 0 aromatic heterocycles. The Morgan fingerprint density at radius 1 is 0.390 bits per heavy atom. The van der Waals surface area contributed by atoms with E-state index in [4.69, 9.17) is 61.9 Å². The van der Waals surface area contributed by atoms with E-state index in [1.165, 1.54) is 6.26 Å². The van der Waals surface area contributed by atoms with E-state index in [0.29, 0.717) is 145 Å². The van der Waals surface area contributed by atoms with Crippen LogP contribution in [0.1, 0.15) is 6.42 Å². The quantitative estimate of drug-likeness (QED) is 0.0792. The second-order valence-electron chi connectivity index (χ2n) is 7.92. The zero-order chi connectivity index (χ0) is 29.7. The van der Waals surface area contributed by atoms with Crippen LogP contribution in [0.3, 0.4) is 0 Å². The topological polar surface area (TPSA) is 148 Å². The summed E-state index contributed by atoms with van der Waals surface area (Å²) in [6.45, 7) is 14.3. The molecule has 0 bridgehead atoms. The summed E-state index contributed by atoms with van der Waals surface area (Å²) in [5, 5.41) is 8.47. The van der Waals surface area contributed by atoms with Gasteiger partial charge in [-0.25, -0.2) is 0 Å². The first-order valence-corrected chi connectivity index (χ1v) is 14.1. The first kappa shape index (κ1) is 39.6. The lowest BCUT2D eigenvalue weighted by atomic mass is 10.5. The summed E-state index contributed by atoms with van der Waals surface area (Å²) in [4.78, 5) is 10.3.